The SMILES string of the molecule is Clc1ccc(Nc2c[c]c3ccccc3n2)cc1. The molecule has 0 aliphatic heterocycles. The summed E-state index contributed by atoms with van der Waals surface area (Å²) in [5, 5.41) is 4.96. The van der Waals surface area contributed by atoms with Crippen LogP contribution in [-0.4, -0.2) is 4.98 Å². The number of hydrogen-bond acceptors (Lipinski definition) is 2. The van der Waals surface area contributed by atoms with Gasteiger partial charge in [0.25, 0.3) is 0 Å². The minimum atomic E-state index is 0.721. The standard InChI is InChI=1S/C15H10ClN2/c16-12-6-8-13(9-7-12)17-15-10-5-11-3-1-2-4-14(11)18-15/h1-4,6-10H,(H,17,18). The number of hydrogen-bond donors (Lipinski definition) is 1. The largest absolute Gasteiger partial charge is 0.340 e. The summed E-state index contributed by atoms with van der Waals surface area (Å²) in [7, 11) is 0. The number of nitrogens with zero attached hydrogens (tertiary/aromatic N) is 1. The Kier molecular flexibility index (Phi) is 2.87. The molecule has 3 aromatic rings. The Labute approximate surface area is 110 Å². The first-order chi connectivity index (χ1) is 8.81. The van der Waals surface area contributed by atoms with Crippen LogP contribution >= 0.6 is 11.6 Å². The van der Waals surface area contributed by atoms with E-state index in [1.165, 1.54) is 0 Å². The first-order valence-electron chi connectivity index (χ1n) is 5.61. The van der Waals surface area contributed by atoms with Gasteiger partial charge in [-0.05, 0) is 42.5 Å². The molecule has 0 saturated carbocycles. The van der Waals surface area contributed by atoms with Gasteiger partial charge in [0.05, 0.1) is 5.52 Å². The average molecular weight is 254 g/mol. The van der Waals surface area contributed by atoms with Crippen molar-refractivity contribution < 1.29 is 0 Å². The molecule has 0 atom stereocenters. The van der Waals surface area contributed by atoms with Crippen molar-refractivity contribution in [1.82, 2.24) is 4.98 Å². The summed E-state index contributed by atoms with van der Waals surface area (Å²) in [5.74, 6) is 0.774. The maximum Gasteiger partial charge on any atom is 0.131 e. The third kappa shape index (κ3) is 2.29. The lowest BCUT2D eigenvalue weighted by Gasteiger charge is -2.06. The number of halogens is 1. The molecule has 0 aliphatic carbocycles. The summed E-state index contributed by atoms with van der Waals surface area (Å²) in [5.41, 5.74) is 1.88. The zero-order chi connectivity index (χ0) is 12.4. The van der Waals surface area contributed by atoms with Crippen molar-refractivity contribution in [2.24, 2.45) is 0 Å². The molecule has 0 fully saturated rings. The normalized spacial score (nSPS) is 10.5. The van der Waals surface area contributed by atoms with Gasteiger partial charge >= 0.3 is 0 Å². The zero-order valence-electron chi connectivity index (χ0n) is 9.52. The zero-order valence-corrected chi connectivity index (χ0v) is 10.3. The van der Waals surface area contributed by atoms with E-state index in [4.69, 9.17) is 11.6 Å². The van der Waals surface area contributed by atoms with Crippen LogP contribution in [0.1, 0.15) is 0 Å². The van der Waals surface area contributed by atoms with Gasteiger partial charge in [-0.25, -0.2) is 4.98 Å². The molecular weight excluding hydrogens is 244 g/mol. The van der Waals surface area contributed by atoms with Crippen LogP contribution in [0.4, 0.5) is 11.5 Å². The fraction of sp³-hybridized carbons (Fsp3) is 0. The Hall–Kier alpha value is -2.06. The molecule has 0 amide bonds. The molecule has 1 aromatic heterocycles. The van der Waals surface area contributed by atoms with Gasteiger partial charge < -0.3 is 5.32 Å². The monoisotopic (exact) mass is 253 g/mol. The van der Waals surface area contributed by atoms with Gasteiger partial charge in [-0.15, -0.1) is 0 Å². The molecule has 1 N–H and O–H groups in total. The Morgan fingerprint density at radius 1 is 1.00 bits per heavy atom. The van der Waals surface area contributed by atoms with Crippen molar-refractivity contribution in [2.75, 3.05) is 5.32 Å². The summed E-state index contributed by atoms with van der Waals surface area (Å²) < 4.78 is 0. The lowest BCUT2D eigenvalue weighted by molar-refractivity contribution is 1.37. The second kappa shape index (κ2) is 4.67. The Morgan fingerprint density at radius 2 is 1.78 bits per heavy atom. The van der Waals surface area contributed by atoms with E-state index in [9.17, 15) is 0 Å². The van der Waals surface area contributed by atoms with Crippen molar-refractivity contribution in [1.29, 1.82) is 0 Å². The van der Waals surface area contributed by atoms with Gasteiger partial charge in [0.15, 0.2) is 0 Å². The lowest BCUT2D eigenvalue weighted by atomic mass is 10.2. The van der Waals surface area contributed by atoms with Gasteiger partial charge in [0.2, 0.25) is 0 Å². The number of rotatable bonds is 2. The molecule has 0 bridgehead atoms. The highest BCUT2D eigenvalue weighted by Crippen LogP contribution is 2.19. The number of para-hydroxylation sites is 1. The van der Waals surface area contributed by atoms with Crippen LogP contribution in [-0.2, 0) is 0 Å². The lowest BCUT2D eigenvalue weighted by Crippen LogP contribution is -1.93. The Morgan fingerprint density at radius 3 is 2.61 bits per heavy atom. The molecule has 3 heteroatoms. The van der Waals surface area contributed by atoms with Gasteiger partial charge in [0.1, 0.15) is 5.82 Å². The predicted molar refractivity (Wildman–Crippen MR) is 75.3 cm³/mol. The van der Waals surface area contributed by atoms with Crippen LogP contribution in [0.2, 0.25) is 5.02 Å². The molecule has 87 valence electrons. The average Bonchev–Trinajstić information content (AvgIpc) is 2.41. The Bertz CT molecular complexity index is 677. The summed E-state index contributed by atoms with van der Waals surface area (Å²) >= 11 is 5.84. The highest BCUT2D eigenvalue weighted by Gasteiger charge is 1.99. The minimum Gasteiger partial charge on any atom is -0.340 e. The van der Waals surface area contributed by atoms with Gasteiger partial charge in [-0.2, -0.15) is 0 Å². The first kappa shape index (κ1) is 11.1. The summed E-state index contributed by atoms with van der Waals surface area (Å²) in [4.78, 5) is 4.52. The molecule has 0 spiro atoms. The van der Waals surface area contributed by atoms with Crippen molar-refractivity contribution in [3.8, 4) is 0 Å². The molecule has 1 radical (unpaired) electrons. The molecule has 2 aromatic carbocycles. The molecule has 0 unspecified atom stereocenters. The third-order valence-corrected chi connectivity index (χ3v) is 2.88. The number of pyridine rings is 1. The topological polar surface area (TPSA) is 24.9 Å². The van der Waals surface area contributed by atoms with Crippen molar-refractivity contribution >= 4 is 34.0 Å². The molecule has 3 rings (SSSR count). The van der Waals surface area contributed by atoms with Crippen LogP contribution in [0.5, 0.6) is 0 Å². The second-order valence-electron chi connectivity index (χ2n) is 3.93. The molecular formula is C15H10ClN2. The second-order valence-corrected chi connectivity index (χ2v) is 4.37. The number of benzene rings is 2. The smallest absolute Gasteiger partial charge is 0.131 e. The van der Waals surface area contributed by atoms with Gasteiger partial charge in [-0.1, -0.05) is 29.8 Å². The molecule has 0 saturated heterocycles. The maximum atomic E-state index is 5.84. The number of nitrogens with one attached hydrogen (secondary N) is 1. The van der Waals surface area contributed by atoms with Crippen LogP contribution in [0, 0.1) is 6.07 Å². The van der Waals surface area contributed by atoms with E-state index in [1.54, 1.807) is 0 Å². The van der Waals surface area contributed by atoms with Crippen LogP contribution in [0.3, 0.4) is 0 Å². The van der Waals surface area contributed by atoms with Gasteiger partial charge in [0, 0.05) is 16.1 Å². The number of anilines is 2. The molecule has 1 heterocycles. The van der Waals surface area contributed by atoms with E-state index < -0.39 is 0 Å². The van der Waals surface area contributed by atoms with E-state index in [-0.39, 0.29) is 0 Å². The van der Waals surface area contributed by atoms with E-state index in [0.29, 0.717) is 0 Å². The minimum absolute atomic E-state index is 0.721. The highest BCUT2D eigenvalue weighted by atomic mass is 35.5. The molecule has 2 nitrogen and oxygen atoms in total. The highest BCUT2D eigenvalue weighted by molar-refractivity contribution is 6.30. The van der Waals surface area contributed by atoms with E-state index in [2.05, 4.69) is 16.4 Å². The molecule has 0 aliphatic rings. The summed E-state index contributed by atoms with van der Waals surface area (Å²) in [6.45, 7) is 0. The van der Waals surface area contributed by atoms with E-state index >= 15 is 0 Å². The third-order valence-electron chi connectivity index (χ3n) is 2.63. The summed E-state index contributed by atoms with van der Waals surface area (Å²) in [6, 6.07) is 20.5. The van der Waals surface area contributed by atoms with Crippen LogP contribution in [0.15, 0.2) is 54.6 Å². The molecule has 18 heavy (non-hydrogen) atoms. The number of fused-ring (bicyclic) bond motifs is 1. The fourth-order valence-electron chi connectivity index (χ4n) is 1.75. The van der Waals surface area contributed by atoms with E-state index in [1.807, 2.05) is 54.6 Å². The fourth-order valence-corrected chi connectivity index (χ4v) is 1.87. The van der Waals surface area contributed by atoms with Gasteiger partial charge in [-0.3, -0.25) is 0 Å². The van der Waals surface area contributed by atoms with Crippen molar-refractivity contribution in [3.63, 3.8) is 0 Å². The summed E-state index contributed by atoms with van der Waals surface area (Å²) in [6.07, 6.45) is 0. The van der Waals surface area contributed by atoms with Crippen LogP contribution in [0.25, 0.3) is 10.9 Å². The van der Waals surface area contributed by atoms with E-state index in [0.717, 1.165) is 27.4 Å². The van der Waals surface area contributed by atoms with Crippen molar-refractivity contribution in [2.45, 2.75) is 0 Å². The first-order valence-corrected chi connectivity index (χ1v) is 5.99. The maximum absolute atomic E-state index is 5.84. The quantitative estimate of drug-likeness (QED) is 0.731. The van der Waals surface area contributed by atoms with Crippen molar-refractivity contribution in [3.05, 3.63) is 65.7 Å². The number of aromatic nitrogens is 1. The predicted octanol–water partition coefficient (Wildman–Crippen LogP) is 4.43. The van der Waals surface area contributed by atoms with Crippen LogP contribution < -0.4 is 5.32 Å². The Balaban J connectivity index is 1.92.